The first-order valence-electron chi connectivity index (χ1n) is 9.70. The van der Waals surface area contributed by atoms with Gasteiger partial charge in [0, 0.05) is 46.9 Å². The van der Waals surface area contributed by atoms with Crippen LogP contribution < -0.4 is 5.14 Å². The van der Waals surface area contributed by atoms with Crippen molar-refractivity contribution in [2.75, 3.05) is 0 Å². The zero-order chi connectivity index (χ0) is 23.0. The largest absolute Gasteiger partial charge is 0.383 e. The molecule has 1 aromatic carbocycles. The number of aliphatic hydroxyl groups excluding tert-OH is 1. The molecule has 7 nitrogen and oxygen atoms in total. The van der Waals surface area contributed by atoms with Crippen molar-refractivity contribution in [2.45, 2.75) is 24.7 Å². The molecule has 4 rings (SSSR count). The number of hydrogen-bond donors (Lipinski definition) is 3. The summed E-state index contributed by atoms with van der Waals surface area (Å²) in [6, 6.07) is 7.51. The van der Waals surface area contributed by atoms with E-state index in [4.69, 9.17) is 5.14 Å². The number of nitrogens with zero attached hydrogens (tertiary/aromatic N) is 2. The van der Waals surface area contributed by atoms with Gasteiger partial charge >= 0.3 is 0 Å². The molecule has 2 unspecified atom stereocenters. The van der Waals surface area contributed by atoms with Crippen LogP contribution in [0.1, 0.15) is 29.7 Å². The second-order valence-corrected chi connectivity index (χ2v) is 9.53. The highest BCUT2D eigenvalue weighted by molar-refractivity contribution is 7.89. The van der Waals surface area contributed by atoms with Crippen molar-refractivity contribution < 1.29 is 22.3 Å². The van der Waals surface area contributed by atoms with Crippen LogP contribution in [0.25, 0.3) is 22.2 Å². The molecule has 32 heavy (non-hydrogen) atoms. The molecule has 0 aliphatic heterocycles. The van der Waals surface area contributed by atoms with Crippen molar-refractivity contribution in [3.63, 3.8) is 0 Å². The molecule has 166 valence electrons. The van der Waals surface area contributed by atoms with Gasteiger partial charge in [-0.25, -0.2) is 27.3 Å². The number of rotatable bonds is 6. The average Bonchev–Trinajstić information content (AvgIpc) is 3.19. The van der Waals surface area contributed by atoms with Gasteiger partial charge in [0.05, 0.1) is 10.8 Å². The lowest BCUT2D eigenvalue weighted by Gasteiger charge is -2.16. The van der Waals surface area contributed by atoms with E-state index < -0.39 is 38.6 Å². The topological polar surface area (TPSA) is 122 Å². The molecule has 10 heteroatoms. The third-order valence-corrected chi connectivity index (χ3v) is 6.69. The number of aromatic amines is 1. The summed E-state index contributed by atoms with van der Waals surface area (Å²) in [7, 11) is -3.91. The van der Waals surface area contributed by atoms with Crippen molar-refractivity contribution in [1.29, 1.82) is 0 Å². The lowest BCUT2D eigenvalue weighted by Crippen LogP contribution is -2.28. The molecule has 3 aromatic heterocycles. The van der Waals surface area contributed by atoms with E-state index in [-0.39, 0.29) is 17.5 Å². The maximum Gasteiger partial charge on any atom is 0.212 e. The molecule has 0 saturated carbocycles. The Hall–Kier alpha value is -3.21. The Kier molecular flexibility index (Phi) is 5.76. The van der Waals surface area contributed by atoms with E-state index in [1.165, 1.54) is 13.1 Å². The van der Waals surface area contributed by atoms with Gasteiger partial charge in [-0.3, -0.25) is 4.98 Å². The van der Waals surface area contributed by atoms with Crippen LogP contribution in [0.2, 0.25) is 0 Å². The van der Waals surface area contributed by atoms with Crippen molar-refractivity contribution in [1.82, 2.24) is 15.0 Å². The first-order chi connectivity index (χ1) is 15.2. The second-order valence-electron chi connectivity index (χ2n) is 7.55. The third-order valence-electron chi connectivity index (χ3n) is 5.40. The smallest absolute Gasteiger partial charge is 0.212 e. The first-order valence-corrected chi connectivity index (χ1v) is 11.3. The number of hydrogen-bond acceptors (Lipinski definition) is 5. The number of halogens is 2. The summed E-state index contributed by atoms with van der Waals surface area (Å²) in [5.74, 6) is -1.97. The highest BCUT2D eigenvalue weighted by atomic mass is 32.2. The van der Waals surface area contributed by atoms with E-state index in [9.17, 15) is 17.9 Å². The molecule has 2 atom stereocenters. The van der Waals surface area contributed by atoms with Gasteiger partial charge in [-0.05, 0) is 37.1 Å². The third kappa shape index (κ3) is 4.12. The number of H-pyrrole nitrogens is 1. The van der Waals surface area contributed by atoms with Gasteiger partial charge in [0.15, 0.2) is 0 Å². The summed E-state index contributed by atoms with van der Waals surface area (Å²) in [4.78, 5) is 11.3. The van der Waals surface area contributed by atoms with Gasteiger partial charge in [0.2, 0.25) is 10.0 Å². The van der Waals surface area contributed by atoms with Crippen molar-refractivity contribution in [3.8, 4) is 11.1 Å². The van der Waals surface area contributed by atoms with Crippen LogP contribution in [0.3, 0.4) is 0 Å². The van der Waals surface area contributed by atoms with E-state index in [0.29, 0.717) is 11.0 Å². The number of nitrogens with two attached hydrogens (primary N) is 1. The van der Waals surface area contributed by atoms with E-state index in [2.05, 4.69) is 15.0 Å². The van der Waals surface area contributed by atoms with Crippen LogP contribution in [-0.2, 0) is 16.4 Å². The lowest BCUT2D eigenvalue weighted by molar-refractivity contribution is 0.210. The van der Waals surface area contributed by atoms with Gasteiger partial charge in [-0.2, -0.15) is 0 Å². The molecule has 0 saturated heterocycles. The van der Waals surface area contributed by atoms with E-state index in [1.54, 1.807) is 30.7 Å². The summed E-state index contributed by atoms with van der Waals surface area (Å²) in [5, 5.41) is 15.5. The molecule has 0 aliphatic rings. The number of fused-ring (bicyclic) bond motifs is 1. The number of sulfonamides is 1. The molecule has 0 amide bonds. The van der Waals surface area contributed by atoms with Crippen LogP contribution in [0.5, 0.6) is 0 Å². The molecular formula is C22H20F2N4O3S. The summed E-state index contributed by atoms with van der Waals surface area (Å²) in [5.41, 5.74) is 1.54. The number of aliphatic hydroxyl groups is 1. The minimum atomic E-state index is -3.91. The Balaban J connectivity index is 1.77. The van der Waals surface area contributed by atoms with Gasteiger partial charge < -0.3 is 10.1 Å². The van der Waals surface area contributed by atoms with Crippen molar-refractivity contribution in [2.24, 2.45) is 5.14 Å². The van der Waals surface area contributed by atoms with E-state index in [0.717, 1.165) is 23.3 Å². The van der Waals surface area contributed by atoms with E-state index >= 15 is 4.39 Å². The van der Waals surface area contributed by atoms with Crippen LogP contribution >= 0.6 is 0 Å². The summed E-state index contributed by atoms with van der Waals surface area (Å²) < 4.78 is 52.9. The van der Waals surface area contributed by atoms with E-state index in [1.807, 2.05) is 6.07 Å². The fourth-order valence-electron chi connectivity index (χ4n) is 3.55. The Labute approximate surface area is 183 Å². The Morgan fingerprint density at radius 3 is 2.66 bits per heavy atom. The van der Waals surface area contributed by atoms with Crippen LogP contribution in [0, 0.1) is 11.6 Å². The number of nitrogens with one attached hydrogen (secondary N) is 1. The lowest BCUT2D eigenvalue weighted by atomic mass is 9.96. The predicted octanol–water partition coefficient (Wildman–Crippen LogP) is 3.20. The van der Waals surface area contributed by atoms with Gasteiger partial charge in [-0.1, -0.05) is 12.1 Å². The average molecular weight is 458 g/mol. The second kappa shape index (κ2) is 8.38. The number of aromatic nitrogens is 3. The number of pyridine rings is 2. The van der Waals surface area contributed by atoms with Crippen molar-refractivity contribution >= 4 is 21.1 Å². The Morgan fingerprint density at radius 2 is 1.97 bits per heavy atom. The Bertz CT molecular complexity index is 1390. The zero-order valence-corrected chi connectivity index (χ0v) is 17.8. The maximum absolute atomic E-state index is 15.2. The molecule has 0 fully saturated rings. The zero-order valence-electron chi connectivity index (χ0n) is 17.0. The minimum absolute atomic E-state index is 0.0593. The summed E-state index contributed by atoms with van der Waals surface area (Å²) >= 11 is 0. The monoisotopic (exact) mass is 458 g/mol. The number of benzene rings is 1. The molecule has 0 aliphatic carbocycles. The van der Waals surface area contributed by atoms with Crippen LogP contribution in [0.15, 0.2) is 55.1 Å². The van der Waals surface area contributed by atoms with Crippen LogP contribution in [0.4, 0.5) is 8.78 Å². The number of primary sulfonamides is 1. The summed E-state index contributed by atoms with van der Waals surface area (Å²) in [6.45, 7) is 1.33. The summed E-state index contributed by atoms with van der Waals surface area (Å²) in [6.07, 6.45) is 4.44. The molecule has 0 radical (unpaired) electrons. The quantitative estimate of drug-likeness (QED) is 0.410. The fraction of sp³-hybridized carbons (Fsp3) is 0.182. The molecule has 3 heterocycles. The van der Waals surface area contributed by atoms with Gasteiger partial charge in [0.1, 0.15) is 23.4 Å². The first kappa shape index (κ1) is 22.0. The molecule has 0 spiro atoms. The SMILES string of the molecule is CC(Cc1ccc(F)c(C(O)c2c[nH]c3ncc(-c4cccnc4)cc23)c1F)S(N)(=O)=O. The fourth-order valence-corrected chi connectivity index (χ4v) is 3.96. The molecule has 4 aromatic rings. The molecular weight excluding hydrogens is 438 g/mol. The van der Waals surface area contributed by atoms with Crippen LogP contribution in [-0.4, -0.2) is 33.7 Å². The molecule has 0 bridgehead atoms. The van der Waals surface area contributed by atoms with Crippen molar-refractivity contribution in [3.05, 3.63) is 83.4 Å². The minimum Gasteiger partial charge on any atom is -0.383 e. The molecule has 4 N–H and O–H groups in total. The highest BCUT2D eigenvalue weighted by Crippen LogP contribution is 2.34. The standard InChI is InChI=1S/C22H20F2N4O3S/c1-12(32(25,30)31)7-13-4-5-18(23)19(20(13)24)21(29)17-11-28-22-16(17)8-15(10-27-22)14-3-2-6-26-9-14/h2-6,8-12,21,29H,7H2,1H3,(H,27,28)(H2,25,30,31). The van der Waals surface area contributed by atoms with Gasteiger partial charge in [0.25, 0.3) is 0 Å². The predicted molar refractivity (Wildman–Crippen MR) is 116 cm³/mol. The highest BCUT2D eigenvalue weighted by Gasteiger charge is 2.27. The van der Waals surface area contributed by atoms with Gasteiger partial charge in [-0.15, -0.1) is 0 Å². The maximum atomic E-state index is 15.2. The Morgan fingerprint density at radius 1 is 1.19 bits per heavy atom. The normalized spacial score (nSPS) is 13.9.